The van der Waals surface area contributed by atoms with Crippen molar-refractivity contribution in [1.29, 1.82) is 0 Å². The molecule has 0 bridgehead atoms. The van der Waals surface area contributed by atoms with Gasteiger partial charge < -0.3 is 18.9 Å². The lowest BCUT2D eigenvalue weighted by Crippen LogP contribution is -2.37. The van der Waals surface area contributed by atoms with Crippen LogP contribution in [0.15, 0.2) is 42.6 Å². The van der Waals surface area contributed by atoms with Crippen LogP contribution in [0.1, 0.15) is 23.0 Å². The summed E-state index contributed by atoms with van der Waals surface area (Å²) in [4.78, 5) is 12.1. The Morgan fingerprint density at radius 1 is 1.19 bits per heavy atom. The first-order valence-electron chi connectivity index (χ1n) is 10.6. The highest BCUT2D eigenvalue weighted by Gasteiger charge is 2.24. The van der Waals surface area contributed by atoms with Gasteiger partial charge in [0.1, 0.15) is 17.9 Å². The molecule has 0 amide bonds. The summed E-state index contributed by atoms with van der Waals surface area (Å²) < 4.78 is 12.9. The lowest BCUT2D eigenvalue weighted by Gasteiger charge is -2.30. The van der Waals surface area contributed by atoms with Gasteiger partial charge in [0.05, 0.1) is 24.9 Å². The molecule has 0 radical (unpaired) electrons. The van der Waals surface area contributed by atoms with Crippen LogP contribution in [0.2, 0.25) is 0 Å². The molecule has 0 aliphatic carbocycles. The molecule has 3 aromatic rings. The number of hydrogen-bond acceptors (Lipinski definition) is 7. The molecule has 1 aromatic carbocycles. The molecule has 8 nitrogen and oxygen atoms in total. The number of imidazole rings is 1. The summed E-state index contributed by atoms with van der Waals surface area (Å²) in [6.45, 7) is 5.67. The van der Waals surface area contributed by atoms with Crippen molar-refractivity contribution < 1.29 is 9.47 Å². The number of aromatic nitrogens is 3. The van der Waals surface area contributed by atoms with E-state index in [0.29, 0.717) is 19.8 Å². The molecule has 5 rings (SSSR count). The van der Waals surface area contributed by atoms with Gasteiger partial charge in [0.2, 0.25) is 0 Å². The Kier molecular flexibility index (Phi) is 5.35. The highest BCUT2D eigenvalue weighted by atomic mass is 16.5. The number of pyridine rings is 1. The number of hydrazine groups is 1. The van der Waals surface area contributed by atoms with Crippen LogP contribution in [0.4, 0.5) is 11.5 Å². The smallest absolute Gasteiger partial charge is 0.164 e. The molecular formula is C23H28N6O2. The molecule has 1 saturated heterocycles. The third kappa shape index (κ3) is 3.78. The van der Waals surface area contributed by atoms with Gasteiger partial charge in [0.15, 0.2) is 11.5 Å². The molecule has 1 N–H and O–H groups in total. The molecule has 1 unspecified atom stereocenters. The van der Waals surface area contributed by atoms with E-state index in [4.69, 9.17) is 19.4 Å². The van der Waals surface area contributed by atoms with Crippen LogP contribution in [0.5, 0.6) is 0 Å². The van der Waals surface area contributed by atoms with E-state index >= 15 is 0 Å². The van der Waals surface area contributed by atoms with E-state index in [2.05, 4.69) is 59.9 Å². The number of fused-ring (bicyclic) bond motifs is 1. The number of hydrogen-bond donors (Lipinski definition) is 1. The van der Waals surface area contributed by atoms with Crippen molar-refractivity contribution in [3.8, 4) is 0 Å². The van der Waals surface area contributed by atoms with Gasteiger partial charge in [-0.2, -0.15) is 0 Å². The van der Waals surface area contributed by atoms with Gasteiger partial charge in [0, 0.05) is 39.5 Å². The number of morpholine rings is 1. The number of benzene rings is 1. The Morgan fingerprint density at radius 2 is 2.03 bits per heavy atom. The fourth-order valence-corrected chi connectivity index (χ4v) is 4.19. The first-order valence-corrected chi connectivity index (χ1v) is 10.6. The molecule has 162 valence electrons. The molecule has 2 aromatic heterocycles. The Bertz CT molecular complexity index is 1120. The first kappa shape index (κ1) is 20.0. The molecule has 4 heterocycles. The Morgan fingerprint density at radius 3 is 2.81 bits per heavy atom. The van der Waals surface area contributed by atoms with E-state index in [1.807, 2.05) is 16.6 Å². The molecule has 8 heteroatoms. The summed E-state index contributed by atoms with van der Waals surface area (Å²) in [5.74, 6) is 1.70. The van der Waals surface area contributed by atoms with Gasteiger partial charge in [-0.3, -0.25) is 5.01 Å². The second kappa shape index (κ2) is 8.30. The zero-order chi connectivity index (χ0) is 21.4. The zero-order valence-corrected chi connectivity index (χ0v) is 18.2. The van der Waals surface area contributed by atoms with Crippen molar-refractivity contribution in [2.24, 2.45) is 7.05 Å². The van der Waals surface area contributed by atoms with Crippen molar-refractivity contribution in [2.45, 2.75) is 19.6 Å². The van der Waals surface area contributed by atoms with Crippen LogP contribution in [0, 0.1) is 6.92 Å². The fourth-order valence-electron chi connectivity index (χ4n) is 4.19. The minimum Gasteiger partial charge on any atom is -0.378 e. The lowest BCUT2D eigenvalue weighted by molar-refractivity contribution is 0.123. The molecular weight excluding hydrogens is 392 g/mol. The van der Waals surface area contributed by atoms with Crippen LogP contribution in [0.3, 0.4) is 0 Å². The van der Waals surface area contributed by atoms with E-state index < -0.39 is 0 Å². The van der Waals surface area contributed by atoms with E-state index in [1.54, 1.807) is 7.11 Å². The minimum atomic E-state index is 0.111. The molecule has 31 heavy (non-hydrogen) atoms. The van der Waals surface area contributed by atoms with Gasteiger partial charge in [-0.15, -0.1) is 0 Å². The van der Waals surface area contributed by atoms with Gasteiger partial charge in [-0.1, -0.05) is 29.8 Å². The number of ether oxygens (including phenoxy) is 2. The molecule has 0 saturated carbocycles. The maximum atomic E-state index is 5.57. The summed E-state index contributed by atoms with van der Waals surface area (Å²) in [5.41, 5.74) is 8.87. The maximum Gasteiger partial charge on any atom is 0.164 e. The minimum absolute atomic E-state index is 0.111. The first-order chi connectivity index (χ1) is 15.1. The number of rotatable bonds is 5. The number of nitrogens with zero attached hydrogens (tertiary/aromatic N) is 5. The van der Waals surface area contributed by atoms with Crippen LogP contribution in [-0.4, -0.2) is 47.9 Å². The Balaban J connectivity index is 1.53. The Hall–Kier alpha value is -2.94. The maximum absolute atomic E-state index is 5.57. The predicted molar refractivity (Wildman–Crippen MR) is 121 cm³/mol. The third-order valence-electron chi connectivity index (χ3n) is 5.87. The van der Waals surface area contributed by atoms with Crippen molar-refractivity contribution >= 4 is 22.7 Å². The second-order valence-corrected chi connectivity index (χ2v) is 8.02. The van der Waals surface area contributed by atoms with E-state index in [-0.39, 0.29) is 6.04 Å². The van der Waals surface area contributed by atoms with Gasteiger partial charge in [0.25, 0.3) is 0 Å². The SMILES string of the molecule is COCc1nc2c(N3CCOCC3)cc(N3C=CC(c4cccc(C)c4)N3)nc2n1C. The fraction of sp³-hybridized carbons (Fsp3) is 0.391. The summed E-state index contributed by atoms with van der Waals surface area (Å²) in [7, 11) is 3.68. The summed E-state index contributed by atoms with van der Waals surface area (Å²) >= 11 is 0. The number of methoxy groups -OCH3 is 1. The number of anilines is 2. The molecule has 2 aliphatic heterocycles. The van der Waals surface area contributed by atoms with Crippen molar-refractivity contribution in [3.05, 3.63) is 59.6 Å². The summed E-state index contributed by atoms with van der Waals surface area (Å²) in [6, 6.07) is 10.8. The van der Waals surface area contributed by atoms with Gasteiger partial charge in [-0.25, -0.2) is 15.4 Å². The van der Waals surface area contributed by atoms with Crippen LogP contribution >= 0.6 is 0 Å². The van der Waals surface area contributed by atoms with E-state index in [9.17, 15) is 0 Å². The number of aryl methyl sites for hydroxylation is 2. The lowest BCUT2D eigenvalue weighted by atomic mass is 10.1. The molecule has 0 spiro atoms. The largest absolute Gasteiger partial charge is 0.378 e. The van der Waals surface area contributed by atoms with E-state index in [1.165, 1.54) is 11.1 Å². The van der Waals surface area contributed by atoms with Crippen molar-refractivity contribution in [2.75, 3.05) is 43.3 Å². The molecule has 1 fully saturated rings. The molecule has 2 aliphatic rings. The van der Waals surface area contributed by atoms with E-state index in [0.717, 1.165) is 41.6 Å². The van der Waals surface area contributed by atoms with Crippen LogP contribution in [0.25, 0.3) is 11.2 Å². The Labute approximate surface area is 182 Å². The standard InChI is InChI=1S/C23H28N6O2/c1-16-5-4-6-17(13-16)18-7-8-29(26-18)20-14-19(28-9-11-31-12-10-28)22-23(25-20)27(2)21(24-22)15-30-3/h4-8,13-14,18,26H,9-12,15H2,1-3H3. The summed E-state index contributed by atoms with van der Waals surface area (Å²) in [6.07, 6.45) is 4.21. The van der Waals surface area contributed by atoms with Crippen LogP contribution < -0.4 is 15.3 Å². The predicted octanol–water partition coefficient (Wildman–Crippen LogP) is 2.84. The zero-order valence-electron chi connectivity index (χ0n) is 18.2. The number of nitrogens with one attached hydrogen (secondary N) is 1. The van der Waals surface area contributed by atoms with Crippen molar-refractivity contribution in [3.63, 3.8) is 0 Å². The normalized spacial score (nSPS) is 19.0. The van der Waals surface area contributed by atoms with Gasteiger partial charge >= 0.3 is 0 Å². The highest BCUT2D eigenvalue weighted by molar-refractivity contribution is 5.89. The highest BCUT2D eigenvalue weighted by Crippen LogP contribution is 2.32. The van der Waals surface area contributed by atoms with Gasteiger partial charge in [-0.05, 0) is 18.6 Å². The summed E-state index contributed by atoms with van der Waals surface area (Å²) in [5, 5.41) is 2.00. The average molecular weight is 421 g/mol. The quantitative estimate of drug-likeness (QED) is 0.681. The van der Waals surface area contributed by atoms with Crippen molar-refractivity contribution in [1.82, 2.24) is 20.0 Å². The average Bonchev–Trinajstić information content (AvgIpc) is 3.40. The topological polar surface area (TPSA) is 67.7 Å². The van der Waals surface area contributed by atoms with Crippen LogP contribution in [-0.2, 0) is 23.1 Å². The third-order valence-corrected chi connectivity index (χ3v) is 5.87. The second-order valence-electron chi connectivity index (χ2n) is 8.02. The molecule has 1 atom stereocenters. The monoisotopic (exact) mass is 420 g/mol.